The average Bonchev–Trinajstić information content (AvgIpc) is 3.14. The van der Waals surface area contributed by atoms with Gasteiger partial charge in [0.1, 0.15) is 12.4 Å². The summed E-state index contributed by atoms with van der Waals surface area (Å²) < 4.78 is 17.4. The third-order valence-corrected chi connectivity index (χ3v) is 3.78. The molecule has 3 aromatic rings. The van der Waals surface area contributed by atoms with E-state index in [-0.39, 0.29) is 11.6 Å². The molecule has 3 rings (SSSR count). The fourth-order valence-corrected chi connectivity index (χ4v) is 2.47. The number of benzene rings is 2. The van der Waals surface area contributed by atoms with Crippen LogP contribution in [0.5, 0.6) is 11.5 Å². The largest absolute Gasteiger partial charge is 0.493 e. The predicted molar refractivity (Wildman–Crippen MR) is 102 cm³/mol. The Morgan fingerprint density at radius 1 is 1.07 bits per heavy atom. The first-order valence-corrected chi connectivity index (χ1v) is 8.43. The number of amides is 1. The molecule has 0 aliphatic rings. The van der Waals surface area contributed by atoms with E-state index in [9.17, 15) is 4.79 Å². The number of hydrogen-bond donors (Lipinski definition) is 1. The van der Waals surface area contributed by atoms with E-state index in [2.05, 4.69) is 10.4 Å². The first-order valence-electron chi connectivity index (χ1n) is 8.43. The second-order valence-corrected chi connectivity index (χ2v) is 5.65. The molecule has 27 heavy (non-hydrogen) atoms. The van der Waals surface area contributed by atoms with Gasteiger partial charge in [0, 0.05) is 18.9 Å². The number of rotatable bonds is 8. The van der Waals surface area contributed by atoms with Gasteiger partial charge in [0.25, 0.3) is 5.91 Å². The van der Waals surface area contributed by atoms with Crippen LogP contribution >= 0.6 is 0 Å². The van der Waals surface area contributed by atoms with Crippen LogP contribution in [-0.4, -0.2) is 43.1 Å². The third-order valence-electron chi connectivity index (χ3n) is 3.78. The molecule has 0 atom stereocenters. The minimum atomic E-state index is -0.365. The Hall–Kier alpha value is -3.32. The van der Waals surface area contributed by atoms with Gasteiger partial charge in [-0.05, 0) is 24.3 Å². The van der Waals surface area contributed by atoms with E-state index in [1.54, 1.807) is 36.2 Å². The number of para-hydroxylation sites is 1. The maximum absolute atomic E-state index is 12.7. The minimum Gasteiger partial charge on any atom is -0.493 e. The van der Waals surface area contributed by atoms with Gasteiger partial charge < -0.3 is 19.5 Å². The van der Waals surface area contributed by atoms with Crippen LogP contribution in [0.15, 0.2) is 60.8 Å². The molecule has 1 amide bonds. The van der Waals surface area contributed by atoms with E-state index < -0.39 is 0 Å². The summed E-state index contributed by atoms with van der Waals surface area (Å²) in [4.78, 5) is 12.7. The Morgan fingerprint density at radius 3 is 2.63 bits per heavy atom. The molecule has 1 heterocycles. The molecule has 0 aliphatic heterocycles. The van der Waals surface area contributed by atoms with Crippen LogP contribution in [0.3, 0.4) is 0 Å². The molecule has 0 fully saturated rings. The highest BCUT2D eigenvalue weighted by molar-refractivity contribution is 6.04. The van der Waals surface area contributed by atoms with Gasteiger partial charge >= 0.3 is 0 Å². The van der Waals surface area contributed by atoms with Crippen LogP contribution in [0.1, 0.15) is 10.5 Å². The Morgan fingerprint density at radius 2 is 1.89 bits per heavy atom. The van der Waals surface area contributed by atoms with Gasteiger partial charge in [0.05, 0.1) is 25.6 Å². The van der Waals surface area contributed by atoms with Crippen LogP contribution in [0.4, 0.5) is 5.69 Å². The van der Waals surface area contributed by atoms with E-state index >= 15 is 0 Å². The van der Waals surface area contributed by atoms with E-state index in [1.165, 1.54) is 7.11 Å². The zero-order valence-corrected chi connectivity index (χ0v) is 15.2. The summed E-state index contributed by atoms with van der Waals surface area (Å²) >= 11 is 0. The molecule has 0 aliphatic carbocycles. The molecule has 1 aromatic heterocycles. The molecule has 0 spiro atoms. The van der Waals surface area contributed by atoms with Crippen molar-refractivity contribution in [2.75, 3.05) is 32.8 Å². The summed E-state index contributed by atoms with van der Waals surface area (Å²) in [6, 6.07) is 16.7. The van der Waals surface area contributed by atoms with Crippen molar-refractivity contribution in [2.45, 2.75) is 0 Å². The molecule has 1 N–H and O–H groups in total. The number of nitrogens with zero attached hydrogens (tertiary/aromatic N) is 2. The molecule has 7 nitrogen and oxygen atoms in total. The fraction of sp³-hybridized carbons (Fsp3) is 0.200. The Labute approximate surface area is 157 Å². The third kappa shape index (κ3) is 4.65. The van der Waals surface area contributed by atoms with Gasteiger partial charge in [-0.15, -0.1) is 0 Å². The number of methoxy groups -OCH3 is 2. The molecule has 0 radical (unpaired) electrons. The lowest BCUT2D eigenvalue weighted by Crippen LogP contribution is -2.14. The fourth-order valence-electron chi connectivity index (χ4n) is 2.47. The topological polar surface area (TPSA) is 74.6 Å². The SMILES string of the molecule is COCCOc1cccc(NC(=O)c2nn(-c3ccccc3)cc2OC)c1. The van der Waals surface area contributed by atoms with Crippen molar-refractivity contribution in [1.82, 2.24) is 9.78 Å². The van der Waals surface area contributed by atoms with Crippen molar-refractivity contribution >= 4 is 11.6 Å². The summed E-state index contributed by atoms with van der Waals surface area (Å²) in [6.45, 7) is 0.925. The standard InChI is InChI=1S/C20H21N3O4/c1-25-11-12-27-17-10-6-7-15(13-17)21-20(24)19-18(26-2)14-23(22-19)16-8-4-3-5-9-16/h3-10,13-14H,11-12H2,1-2H3,(H,21,24). The maximum Gasteiger partial charge on any atom is 0.280 e. The number of carbonyl (C=O) groups is 1. The van der Waals surface area contributed by atoms with Crippen LogP contribution < -0.4 is 14.8 Å². The van der Waals surface area contributed by atoms with E-state index in [4.69, 9.17) is 14.2 Å². The summed E-state index contributed by atoms with van der Waals surface area (Å²) in [5.41, 5.74) is 1.64. The summed E-state index contributed by atoms with van der Waals surface area (Å²) in [7, 11) is 3.12. The van der Waals surface area contributed by atoms with E-state index in [0.29, 0.717) is 30.4 Å². The zero-order valence-electron chi connectivity index (χ0n) is 15.2. The average molecular weight is 367 g/mol. The quantitative estimate of drug-likeness (QED) is 0.619. The lowest BCUT2D eigenvalue weighted by Gasteiger charge is -2.08. The van der Waals surface area contributed by atoms with Crippen molar-refractivity contribution in [3.05, 3.63) is 66.5 Å². The summed E-state index contributed by atoms with van der Waals surface area (Å²) in [5.74, 6) is 0.672. The maximum atomic E-state index is 12.7. The molecule has 2 aromatic carbocycles. The Bertz CT molecular complexity index is 893. The second kappa shape index (κ2) is 8.86. The molecule has 7 heteroatoms. The normalized spacial score (nSPS) is 10.4. The van der Waals surface area contributed by atoms with Crippen LogP contribution in [-0.2, 0) is 4.74 Å². The summed E-state index contributed by atoms with van der Waals surface area (Å²) in [6.07, 6.45) is 1.68. The summed E-state index contributed by atoms with van der Waals surface area (Å²) in [5, 5.41) is 7.18. The molecule has 0 unspecified atom stereocenters. The zero-order chi connectivity index (χ0) is 19.1. The highest BCUT2D eigenvalue weighted by Gasteiger charge is 2.18. The van der Waals surface area contributed by atoms with Gasteiger partial charge in [0.15, 0.2) is 11.4 Å². The highest BCUT2D eigenvalue weighted by atomic mass is 16.5. The van der Waals surface area contributed by atoms with E-state index in [0.717, 1.165) is 5.69 Å². The monoisotopic (exact) mass is 367 g/mol. The first-order chi connectivity index (χ1) is 13.2. The molecule has 0 saturated carbocycles. The predicted octanol–water partition coefficient (Wildman–Crippen LogP) is 3.16. The van der Waals surface area contributed by atoms with Crippen molar-refractivity contribution < 1.29 is 19.0 Å². The van der Waals surface area contributed by atoms with Gasteiger partial charge in [0.2, 0.25) is 0 Å². The van der Waals surface area contributed by atoms with Crippen LogP contribution in [0.2, 0.25) is 0 Å². The molecular weight excluding hydrogens is 346 g/mol. The van der Waals surface area contributed by atoms with Crippen molar-refractivity contribution in [3.8, 4) is 17.2 Å². The van der Waals surface area contributed by atoms with Gasteiger partial charge in [-0.1, -0.05) is 24.3 Å². The molecule has 0 saturated heterocycles. The number of anilines is 1. The Kier molecular flexibility index (Phi) is 6.06. The first kappa shape index (κ1) is 18.5. The van der Waals surface area contributed by atoms with Crippen LogP contribution in [0, 0.1) is 0 Å². The lowest BCUT2D eigenvalue weighted by molar-refractivity contribution is 0.101. The van der Waals surface area contributed by atoms with Crippen molar-refractivity contribution in [1.29, 1.82) is 0 Å². The Balaban J connectivity index is 1.76. The molecule has 140 valence electrons. The lowest BCUT2D eigenvalue weighted by atomic mass is 10.3. The molecular formula is C20H21N3O4. The number of hydrogen-bond acceptors (Lipinski definition) is 5. The van der Waals surface area contributed by atoms with Crippen LogP contribution in [0.25, 0.3) is 5.69 Å². The van der Waals surface area contributed by atoms with Gasteiger partial charge in [-0.3, -0.25) is 4.79 Å². The van der Waals surface area contributed by atoms with Crippen molar-refractivity contribution in [3.63, 3.8) is 0 Å². The minimum absolute atomic E-state index is 0.201. The van der Waals surface area contributed by atoms with E-state index in [1.807, 2.05) is 36.4 Å². The number of carbonyl (C=O) groups excluding carboxylic acids is 1. The van der Waals surface area contributed by atoms with Gasteiger partial charge in [-0.2, -0.15) is 5.10 Å². The second-order valence-electron chi connectivity index (χ2n) is 5.65. The molecule has 0 bridgehead atoms. The smallest absolute Gasteiger partial charge is 0.280 e. The van der Waals surface area contributed by atoms with Gasteiger partial charge in [-0.25, -0.2) is 4.68 Å². The number of ether oxygens (including phenoxy) is 3. The number of aromatic nitrogens is 2. The van der Waals surface area contributed by atoms with Crippen molar-refractivity contribution in [2.24, 2.45) is 0 Å². The number of nitrogens with one attached hydrogen (secondary N) is 1. The highest BCUT2D eigenvalue weighted by Crippen LogP contribution is 2.22.